The molecule has 1 aromatic carbocycles. The zero-order chi connectivity index (χ0) is 14.4. The predicted octanol–water partition coefficient (Wildman–Crippen LogP) is 1.05. The van der Waals surface area contributed by atoms with Gasteiger partial charge in [-0.2, -0.15) is 0 Å². The Morgan fingerprint density at radius 1 is 1.43 bits per heavy atom. The van der Waals surface area contributed by atoms with E-state index in [0.717, 1.165) is 19.4 Å². The van der Waals surface area contributed by atoms with Crippen molar-refractivity contribution < 1.29 is 14.3 Å². The van der Waals surface area contributed by atoms with E-state index in [0.29, 0.717) is 17.9 Å². The molecule has 0 aromatic heterocycles. The second-order valence-corrected chi connectivity index (χ2v) is 4.83. The Balaban J connectivity index is 0.00000220. The number of anilines is 1. The summed E-state index contributed by atoms with van der Waals surface area (Å²) in [5, 5.41) is 6.10. The van der Waals surface area contributed by atoms with Crippen LogP contribution >= 0.6 is 12.4 Å². The van der Waals surface area contributed by atoms with Crippen molar-refractivity contribution in [3.05, 3.63) is 24.3 Å². The van der Waals surface area contributed by atoms with Gasteiger partial charge in [0, 0.05) is 24.2 Å². The molecule has 1 atom stereocenters. The molecule has 0 radical (unpaired) electrons. The fourth-order valence-corrected chi connectivity index (χ4v) is 2.18. The standard InChI is InChI=1S/C14H19N3O3.ClH/c15-13(18)9-20-12-5-1-3-11(7-12)17-14(19)8-10-4-2-6-16-10;/h1,3,5,7,10,16H,2,4,6,8-9H2,(H2,15,18)(H,17,19);1H. The lowest BCUT2D eigenvalue weighted by atomic mass is 10.1. The number of benzene rings is 1. The minimum Gasteiger partial charge on any atom is -0.484 e. The van der Waals surface area contributed by atoms with Gasteiger partial charge in [0.25, 0.3) is 5.91 Å². The number of ether oxygens (including phenoxy) is 1. The van der Waals surface area contributed by atoms with Gasteiger partial charge in [-0.15, -0.1) is 12.4 Å². The lowest BCUT2D eigenvalue weighted by molar-refractivity contribution is -0.120. The van der Waals surface area contributed by atoms with Crippen molar-refractivity contribution in [2.45, 2.75) is 25.3 Å². The number of hydrogen-bond acceptors (Lipinski definition) is 4. The molecule has 1 heterocycles. The molecule has 116 valence electrons. The number of carbonyl (C=O) groups excluding carboxylic acids is 2. The summed E-state index contributed by atoms with van der Waals surface area (Å²) in [6, 6.07) is 7.17. The molecule has 1 aliphatic rings. The van der Waals surface area contributed by atoms with Crippen LogP contribution < -0.4 is 21.1 Å². The molecule has 6 nitrogen and oxygen atoms in total. The van der Waals surface area contributed by atoms with Crippen LogP contribution in [0.5, 0.6) is 5.75 Å². The quantitative estimate of drug-likeness (QED) is 0.732. The lowest BCUT2D eigenvalue weighted by Crippen LogP contribution is -2.27. The Bertz CT molecular complexity index is 490. The third kappa shape index (κ3) is 6.01. The number of carbonyl (C=O) groups is 2. The average Bonchev–Trinajstić information content (AvgIpc) is 2.89. The topological polar surface area (TPSA) is 93.5 Å². The van der Waals surface area contributed by atoms with Crippen LogP contribution in [-0.2, 0) is 9.59 Å². The van der Waals surface area contributed by atoms with Crippen LogP contribution in [0.25, 0.3) is 0 Å². The highest BCUT2D eigenvalue weighted by molar-refractivity contribution is 5.91. The third-order valence-corrected chi connectivity index (χ3v) is 3.09. The zero-order valence-corrected chi connectivity index (χ0v) is 12.4. The summed E-state index contributed by atoms with van der Waals surface area (Å²) in [5.41, 5.74) is 5.66. The van der Waals surface area contributed by atoms with Crippen molar-refractivity contribution in [3.8, 4) is 5.75 Å². The van der Waals surface area contributed by atoms with Gasteiger partial charge in [0.15, 0.2) is 6.61 Å². The van der Waals surface area contributed by atoms with Crippen LogP contribution in [0.15, 0.2) is 24.3 Å². The number of nitrogens with one attached hydrogen (secondary N) is 2. The molecular formula is C14H20ClN3O3. The zero-order valence-electron chi connectivity index (χ0n) is 11.6. The number of amides is 2. The average molecular weight is 314 g/mol. The van der Waals surface area contributed by atoms with Crippen molar-refractivity contribution in [2.75, 3.05) is 18.5 Å². The normalized spacial score (nSPS) is 16.9. The van der Waals surface area contributed by atoms with Crippen molar-refractivity contribution in [3.63, 3.8) is 0 Å². The van der Waals surface area contributed by atoms with Gasteiger partial charge in [0.1, 0.15) is 5.75 Å². The summed E-state index contributed by atoms with van der Waals surface area (Å²) in [5.74, 6) is -0.0659. The van der Waals surface area contributed by atoms with Gasteiger partial charge in [-0.1, -0.05) is 6.07 Å². The molecular weight excluding hydrogens is 294 g/mol. The van der Waals surface area contributed by atoms with Crippen molar-refractivity contribution >= 4 is 29.9 Å². The van der Waals surface area contributed by atoms with Crippen LogP contribution in [0, 0.1) is 0 Å². The minimum atomic E-state index is -0.535. The number of hydrogen-bond donors (Lipinski definition) is 3. The summed E-state index contributed by atoms with van der Waals surface area (Å²) in [6.45, 7) is 0.803. The molecule has 1 aliphatic heterocycles. The summed E-state index contributed by atoms with van der Waals surface area (Å²) in [6.07, 6.45) is 2.62. The van der Waals surface area contributed by atoms with Crippen molar-refractivity contribution in [1.29, 1.82) is 0 Å². The molecule has 0 bridgehead atoms. The Hall–Kier alpha value is -1.79. The van der Waals surface area contributed by atoms with Crippen molar-refractivity contribution in [1.82, 2.24) is 5.32 Å². The maximum absolute atomic E-state index is 11.9. The Labute approximate surface area is 129 Å². The Kier molecular flexibility index (Phi) is 6.98. The molecule has 0 saturated carbocycles. The van der Waals surface area contributed by atoms with Gasteiger partial charge >= 0.3 is 0 Å². The maximum atomic E-state index is 11.9. The van der Waals surface area contributed by atoms with Gasteiger partial charge in [0.05, 0.1) is 0 Å². The Morgan fingerprint density at radius 2 is 2.24 bits per heavy atom. The molecule has 21 heavy (non-hydrogen) atoms. The molecule has 1 unspecified atom stereocenters. The summed E-state index contributed by atoms with van der Waals surface area (Å²) in [7, 11) is 0. The fraction of sp³-hybridized carbons (Fsp3) is 0.429. The molecule has 4 N–H and O–H groups in total. The summed E-state index contributed by atoms with van der Waals surface area (Å²) < 4.78 is 5.18. The third-order valence-electron chi connectivity index (χ3n) is 3.09. The first-order valence-electron chi connectivity index (χ1n) is 6.68. The molecule has 2 rings (SSSR count). The molecule has 1 saturated heterocycles. The van der Waals surface area contributed by atoms with E-state index in [9.17, 15) is 9.59 Å². The highest BCUT2D eigenvalue weighted by Crippen LogP contribution is 2.18. The van der Waals surface area contributed by atoms with E-state index in [1.54, 1.807) is 24.3 Å². The highest BCUT2D eigenvalue weighted by atomic mass is 35.5. The number of nitrogens with two attached hydrogens (primary N) is 1. The first-order valence-corrected chi connectivity index (χ1v) is 6.68. The van der Waals surface area contributed by atoms with E-state index in [1.165, 1.54) is 0 Å². The van der Waals surface area contributed by atoms with E-state index < -0.39 is 5.91 Å². The van der Waals surface area contributed by atoms with Crippen LogP contribution in [0.4, 0.5) is 5.69 Å². The van der Waals surface area contributed by atoms with Gasteiger partial charge in [-0.25, -0.2) is 0 Å². The van der Waals surface area contributed by atoms with Gasteiger partial charge in [0.2, 0.25) is 5.91 Å². The molecule has 1 fully saturated rings. The van der Waals surface area contributed by atoms with Crippen LogP contribution in [-0.4, -0.2) is 31.0 Å². The summed E-state index contributed by atoms with van der Waals surface area (Å²) >= 11 is 0. The highest BCUT2D eigenvalue weighted by Gasteiger charge is 2.17. The maximum Gasteiger partial charge on any atom is 0.255 e. The number of halogens is 1. The first kappa shape index (κ1) is 17.3. The smallest absolute Gasteiger partial charge is 0.255 e. The number of rotatable bonds is 6. The molecule has 7 heteroatoms. The van der Waals surface area contributed by atoms with Gasteiger partial charge in [-0.05, 0) is 31.5 Å². The first-order chi connectivity index (χ1) is 9.63. The van der Waals surface area contributed by atoms with E-state index in [4.69, 9.17) is 10.5 Å². The number of primary amides is 1. The lowest BCUT2D eigenvalue weighted by Gasteiger charge is -2.11. The SMILES string of the molecule is Cl.NC(=O)COc1cccc(NC(=O)CC2CCCN2)c1. The summed E-state index contributed by atoms with van der Waals surface area (Å²) in [4.78, 5) is 22.5. The largest absolute Gasteiger partial charge is 0.484 e. The molecule has 2 amide bonds. The van der Waals surface area contributed by atoms with E-state index in [2.05, 4.69) is 10.6 Å². The van der Waals surface area contributed by atoms with Gasteiger partial charge < -0.3 is 21.1 Å². The fourth-order valence-electron chi connectivity index (χ4n) is 2.18. The van der Waals surface area contributed by atoms with Gasteiger partial charge in [-0.3, -0.25) is 9.59 Å². The monoisotopic (exact) mass is 313 g/mol. The molecule has 0 spiro atoms. The second kappa shape index (κ2) is 8.49. The van der Waals surface area contributed by atoms with Crippen molar-refractivity contribution in [2.24, 2.45) is 5.73 Å². The molecule has 1 aromatic rings. The van der Waals surface area contributed by atoms with Crippen LogP contribution in [0.2, 0.25) is 0 Å². The molecule has 0 aliphatic carbocycles. The van der Waals surface area contributed by atoms with E-state index >= 15 is 0 Å². The minimum absolute atomic E-state index is 0. The predicted molar refractivity (Wildman–Crippen MR) is 82.7 cm³/mol. The Morgan fingerprint density at radius 3 is 2.90 bits per heavy atom. The van der Waals surface area contributed by atoms with Crippen LogP contribution in [0.3, 0.4) is 0 Å². The van der Waals surface area contributed by atoms with E-state index in [1.807, 2.05) is 0 Å². The van der Waals surface area contributed by atoms with E-state index in [-0.39, 0.29) is 31.0 Å². The van der Waals surface area contributed by atoms with Crippen LogP contribution in [0.1, 0.15) is 19.3 Å². The second-order valence-electron chi connectivity index (χ2n) is 4.83.